The van der Waals surface area contributed by atoms with Crippen LogP contribution in [0.3, 0.4) is 0 Å². The molecule has 2 amide bonds. The van der Waals surface area contributed by atoms with Gasteiger partial charge in [-0.3, -0.25) is 9.59 Å². The van der Waals surface area contributed by atoms with Crippen molar-refractivity contribution in [3.05, 3.63) is 107 Å². The fourth-order valence-corrected chi connectivity index (χ4v) is 2.65. The zero-order valence-corrected chi connectivity index (χ0v) is 16.4. The lowest BCUT2D eigenvalue weighted by atomic mass is 10.1. The van der Waals surface area contributed by atoms with Gasteiger partial charge in [-0.15, -0.1) is 0 Å². The third kappa shape index (κ3) is 5.65. The van der Waals surface area contributed by atoms with E-state index in [1.54, 1.807) is 43.5 Å². The molecule has 0 heterocycles. The van der Waals surface area contributed by atoms with Crippen molar-refractivity contribution in [3.63, 3.8) is 0 Å². The van der Waals surface area contributed by atoms with E-state index in [2.05, 4.69) is 15.8 Å². The van der Waals surface area contributed by atoms with E-state index in [0.717, 1.165) is 5.56 Å². The minimum Gasteiger partial charge on any atom is -0.496 e. The molecule has 6 heteroatoms. The first-order valence-electron chi connectivity index (χ1n) is 9.27. The number of ether oxygens (including phenoxy) is 1. The normalized spacial score (nSPS) is 11.2. The van der Waals surface area contributed by atoms with Crippen molar-refractivity contribution < 1.29 is 14.3 Å². The Labute approximate surface area is 174 Å². The lowest BCUT2D eigenvalue weighted by Crippen LogP contribution is -2.32. The number of hydrogen-bond acceptors (Lipinski definition) is 4. The molecular formula is C24H21N3O3. The highest BCUT2D eigenvalue weighted by atomic mass is 16.5. The van der Waals surface area contributed by atoms with Gasteiger partial charge in [-0.25, -0.2) is 5.43 Å². The molecule has 0 spiro atoms. The van der Waals surface area contributed by atoms with Gasteiger partial charge in [0.15, 0.2) is 0 Å². The Kier molecular flexibility index (Phi) is 7.11. The van der Waals surface area contributed by atoms with Gasteiger partial charge in [-0.05, 0) is 35.9 Å². The summed E-state index contributed by atoms with van der Waals surface area (Å²) >= 11 is 0. The van der Waals surface area contributed by atoms with Crippen molar-refractivity contribution in [1.29, 1.82) is 0 Å². The molecule has 0 aliphatic heterocycles. The van der Waals surface area contributed by atoms with Crippen LogP contribution in [-0.2, 0) is 4.79 Å². The summed E-state index contributed by atoms with van der Waals surface area (Å²) in [6.07, 6.45) is 3.07. The van der Waals surface area contributed by atoms with Crippen LogP contribution in [0.1, 0.15) is 21.5 Å². The van der Waals surface area contributed by atoms with E-state index in [1.807, 2.05) is 54.6 Å². The first-order chi connectivity index (χ1) is 14.7. The third-order valence-corrected chi connectivity index (χ3v) is 4.15. The second-order valence-electron chi connectivity index (χ2n) is 6.23. The number of hydrazone groups is 1. The lowest BCUT2D eigenvalue weighted by Gasteiger charge is -2.09. The minimum absolute atomic E-state index is 0.0761. The van der Waals surface area contributed by atoms with E-state index in [9.17, 15) is 9.59 Å². The number of nitrogens with zero attached hydrogens (tertiary/aromatic N) is 1. The van der Waals surface area contributed by atoms with Crippen LogP contribution < -0.4 is 15.5 Å². The molecule has 0 saturated heterocycles. The average Bonchev–Trinajstić information content (AvgIpc) is 2.80. The molecule has 30 heavy (non-hydrogen) atoms. The van der Waals surface area contributed by atoms with Crippen molar-refractivity contribution in [2.24, 2.45) is 5.10 Å². The quantitative estimate of drug-likeness (QED) is 0.362. The van der Waals surface area contributed by atoms with E-state index in [-0.39, 0.29) is 11.6 Å². The SMILES string of the molecule is COc1ccccc1C=NNC(=O)/C(=C\c1ccccc1)NC(=O)c1ccccc1. The molecule has 150 valence electrons. The number of carbonyl (C=O) groups is 2. The highest BCUT2D eigenvalue weighted by molar-refractivity contribution is 6.05. The average molecular weight is 399 g/mol. The first kappa shape index (κ1) is 20.5. The molecule has 3 rings (SSSR count). The number of nitrogens with one attached hydrogen (secondary N) is 2. The summed E-state index contributed by atoms with van der Waals surface area (Å²) in [6.45, 7) is 0. The summed E-state index contributed by atoms with van der Waals surface area (Å²) in [5.41, 5.74) is 4.45. The molecule has 0 unspecified atom stereocenters. The Hall–Kier alpha value is -4.19. The zero-order chi connectivity index (χ0) is 21.2. The molecule has 3 aromatic carbocycles. The monoisotopic (exact) mass is 399 g/mol. The molecule has 0 atom stereocenters. The lowest BCUT2D eigenvalue weighted by molar-refractivity contribution is -0.117. The maximum atomic E-state index is 12.7. The molecule has 0 aliphatic carbocycles. The van der Waals surface area contributed by atoms with Crippen molar-refractivity contribution >= 4 is 24.1 Å². The van der Waals surface area contributed by atoms with Crippen molar-refractivity contribution in [2.75, 3.05) is 7.11 Å². The Morgan fingerprint density at radius 1 is 0.867 bits per heavy atom. The van der Waals surface area contributed by atoms with Crippen molar-refractivity contribution in [1.82, 2.24) is 10.7 Å². The van der Waals surface area contributed by atoms with Crippen LogP contribution in [-0.4, -0.2) is 25.1 Å². The largest absolute Gasteiger partial charge is 0.496 e. The smallest absolute Gasteiger partial charge is 0.287 e. The molecule has 3 aromatic rings. The van der Waals surface area contributed by atoms with Crippen LogP contribution in [0.5, 0.6) is 5.75 Å². The highest BCUT2D eigenvalue weighted by Gasteiger charge is 2.14. The second kappa shape index (κ2) is 10.4. The number of carbonyl (C=O) groups excluding carboxylic acids is 2. The van der Waals surface area contributed by atoms with E-state index in [1.165, 1.54) is 6.21 Å². The molecule has 0 saturated carbocycles. The fourth-order valence-electron chi connectivity index (χ4n) is 2.65. The van der Waals surface area contributed by atoms with Crippen molar-refractivity contribution in [3.8, 4) is 5.75 Å². The summed E-state index contributed by atoms with van der Waals surface area (Å²) in [6, 6.07) is 25.2. The Bertz CT molecular complexity index is 1060. The number of benzene rings is 3. The van der Waals surface area contributed by atoms with E-state index in [4.69, 9.17) is 4.74 Å². The summed E-state index contributed by atoms with van der Waals surface area (Å²) in [5.74, 6) is -0.302. The molecular weight excluding hydrogens is 378 g/mol. The molecule has 2 N–H and O–H groups in total. The fraction of sp³-hybridized carbons (Fsp3) is 0.0417. The molecule has 0 aromatic heterocycles. The third-order valence-electron chi connectivity index (χ3n) is 4.15. The maximum Gasteiger partial charge on any atom is 0.287 e. The highest BCUT2D eigenvalue weighted by Crippen LogP contribution is 2.14. The summed E-state index contributed by atoms with van der Waals surface area (Å²) < 4.78 is 5.26. The first-order valence-corrected chi connectivity index (χ1v) is 9.27. The van der Waals surface area contributed by atoms with E-state index >= 15 is 0 Å². The second-order valence-corrected chi connectivity index (χ2v) is 6.23. The molecule has 0 aliphatic rings. The standard InChI is InChI=1S/C24H21N3O3/c1-30-22-15-9-8-14-20(22)17-25-27-24(29)21(16-18-10-4-2-5-11-18)26-23(28)19-12-6-3-7-13-19/h2-17H,1H3,(H,26,28)(H,27,29)/b21-16+,25-17?. The van der Waals surface area contributed by atoms with Gasteiger partial charge in [-0.2, -0.15) is 5.10 Å². The van der Waals surface area contributed by atoms with Gasteiger partial charge < -0.3 is 10.1 Å². The van der Waals surface area contributed by atoms with Gasteiger partial charge >= 0.3 is 0 Å². The van der Waals surface area contributed by atoms with E-state index in [0.29, 0.717) is 16.9 Å². The summed E-state index contributed by atoms with van der Waals surface area (Å²) in [7, 11) is 1.56. The van der Waals surface area contributed by atoms with Gasteiger partial charge in [0.2, 0.25) is 0 Å². The van der Waals surface area contributed by atoms with Gasteiger partial charge in [0, 0.05) is 11.1 Å². The maximum absolute atomic E-state index is 12.7. The zero-order valence-electron chi connectivity index (χ0n) is 16.4. The van der Waals surface area contributed by atoms with Crippen LogP contribution in [0.2, 0.25) is 0 Å². The van der Waals surface area contributed by atoms with Gasteiger partial charge in [0.1, 0.15) is 11.4 Å². The van der Waals surface area contributed by atoms with Crippen LogP contribution >= 0.6 is 0 Å². The van der Waals surface area contributed by atoms with Gasteiger partial charge in [0.25, 0.3) is 11.8 Å². The van der Waals surface area contributed by atoms with Crippen LogP contribution in [0.15, 0.2) is 95.7 Å². The summed E-state index contributed by atoms with van der Waals surface area (Å²) in [5, 5.41) is 6.66. The Balaban J connectivity index is 1.79. The van der Waals surface area contributed by atoms with Crippen LogP contribution in [0, 0.1) is 0 Å². The van der Waals surface area contributed by atoms with Crippen molar-refractivity contribution in [2.45, 2.75) is 0 Å². The molecule has 0 bridgehead atoms. The number of para-hydroxylation sites is 1. The van der Waals surface area contributed by atoms with Crippen LogP contribution in [0.25, 0.3) is 6.08 Å². The Morgan fingerprint density at radius 3 is 2.20 bits per heavy atom. The van der Waals surface area contributed by atoms with Gasteiger partial charge in [0.05, 0.1) is 13.3 Å². The number of hydrogen-bond donors (Lipinski definition) is 2. The molecule has 0 fully saturated rings. The summed E-state index contributed by atoms with van der Waals surface area (Å²) in [4.78, 5) is 25.3. The van der Waals surface area contributed by atoms with Gasteiger partial charge in [-0.1, -0.05) is 60.7 Å². The predicted octanol–water partition coefficient (Wildman–Crippen LogP) is 3.62. The predicted molar refractivity (Wildman–Crippen MR) is 117 cm³/mol. The number of rotatable bonds is 7. The molecule has 6 nitrogen and oxygen atoms in total. The number of amides is 2. The number of methoxy groups -OCH3 is 1. The topological polar surface area (TPSA) is 79.8 Å². The molecule has 0 radical (unpaired) electrons. The van der Waals surface area contributed by atoms with E-state index < -0.39 is 5.91 Å². The van der Waals surface area contributed by atoms with Crippen LogP contribution in [0.4, 0.5) is 0 Å². The Morgan fingerprint density at radius 2 is 1.50 bits per heavy atom. The minimum atomic E-state index is -0.547.